The smallest absolute Gasteiger partial charge is 0.312 e. The van der Waals surface area contributed by atoms with E-state index in [1.54, 1.807) is 6.07 Å². The van der Waals surface area contributed by atoms with E-state index >= 15 is 0 Å². The number of benzene rings is 1. The molecule has 4 aliphatic rings. The van der Waals surface area contributed by atoms with Gasteiger partial charge in [0.25, 0.3) is 0 Å². The number of carbonyl (C=O) groups excluding carboxylic acids is 1. The fourth-order valence-corrected chi connectivity index (χ4v) is 6.57. The molecule has 0 aliphatic carbocycles. The molecule has 0 bridgehead atoms. The first kappa shape index (κ1) is 18.0. The highest BCUT2D eigenvalue weighted by atomic mass is 16.5. The number of carbonyl (C=O) groups is 1. The van der Waals surface area contributed by atoms with Crippen LogP contribution in [-0.2, 0) is 19.7 Å². The lowest BCUT2D eigenvalue weighted by Gasteiger charge is -2.58. The molecule has 0 amide bonds. The molecule has 0 aromatic heterocycles. The van der Waals surface area contributed by atoms with Crippen molar-refractivity contribution in [3.8, 4) is 5.75 Å². The molecule has 4 aliphatic heterocycles. The molecule has 0 spiro atoms. The number of allylic oxidation sites excluding steroid dienone is 1. The monoisotopic (exact) mass is 384 g/mol. The van der Waals surface area contributed by atoms with Crippen LogP contribution in [0, 0.1) is 5.92 Å². The number of esters is 1. The standard InChI is InChI=1S/C22H28N2O4/c1-4-14-5-8-19-22-21(9-10-24(19)12-14,17(13-28-22)20(26)27-3)16-11-15(25)6-7-18(16)23(22)2/h4,6-7,11,17,19,25H,5,8-10,12-13H2,1-3H3/b14-4+/t17-,19+,21-,22-/m0/s1. The number of phenols is 1. The number of rotatable bonds is 1. The number of phenolic OH excluding ortho intramolecular Hbond substituents is 1. The Kier molecular flexibility index (Phi) is 3.84. The van der Waals surface area contributed by atoms with Gasteiger partial charge in [0.05, 0.1) is 31.1 Å². The highest BCUT2D eigenvalue weighted by Crippen LogP contribution is 2.66. The second-order valence-corrected chi connectivity index (χ2v) is 8.54. The van der Waals surface area contributed by atoms with Crippen LogP contribution in [0.2, 0.25) is 0 Å². The van der Waals surface area contributed by atoms with Crippen molar-refractivity contribution in [2.24, 2.45) is 5.92 Å². The quantitative estimate of drug-likeness (QED) is 0.593. The summed E-state index contributed by atoms with van der Waals surface area (Å²) in [5, 5.41) is 10.3. The lowest BCUT2D eigenvalue weighted by Crippen LogP contribution is -2.73. The first-order valence-corrected chi connectivity index (χ1v) is 10.2. The van der Waals surface area contributed by atoms with Crippen molar-refractivity contribution in [3.63, 3.8) is 0 Å². The van der Waals surface area contributed by atoms with Gasteiger partial charge < -0.3 is 19.5 Å². The minimum atomic E-state index is -0.612. The summed E-state index contributed by atoms with van der Waals surface area (Å²) < 4.78 is 11.9. The Morgan fingerprint density at radius 2 is 2.25 bits per heavy atom. The van der Waals surface area contributed by atoms with Gasteiger partial charge in [-0.1, -0.05) is 11.6 Å². The van der Waals surface area contributed by atoms with Crippen molar-refractivity contribution in [3.05, 3.63) is 35.4 Å². The molecule has 150 valence electrons. The minimum absolute atomic E-state index is 0.194. The summed E-state index contributed by atoms with van der Waals surface area (Å²) in [4.78, 5) is 17.6. The molecule has 0 radical (unpaired) electrons. The largest absolute Gasteiger partial charge is 0.508 e. The van der Waals surface area contributed by atoms with Gasteiger partial charge in [0.1, 0.15) is 5.75 Å². The zero-order valence-electron chi connectivity index (χ0n) is 16.8. The highest BCUT2D eigenvalue weighted by molar-refractivity contribution is 5.81. The minimum Gasteiger partial charge on any atom is -0.508 e. The van der Waals surface area contributed by atoms with Crippen LogP contribution >= 0.6 is 0 Å². The van der Waals surface area contributed by atoms with E-state index in [1.165, 1.54) is 12.7 Å². The van der Waals surface area contributed by atoms with Gasteiger partial charge in [-0.05, 0) is 49.9 Å². The molecule has 28 heavy (non-hydrogen) atoms. The number of hydrogen-bond donors (Lipinski definition) is 1. The van der Waals surface area contributed by atoms with Gasteiger partial charge >= 0.3 is 5.97 Å². The summed E-state index contributed by atoms with van der Waals surface area (Å²) in [5.74, 6) is -0.353. The van der Waals surface area contributed by atoms with Crippen LogP contribution in [0.5, 0.6) is 5.75 Å². The van der Waals surface area contributed by atoms with Crippen LogP contribution in [0.1, 0.15) is 31.7 Å². The Labute approximate surface area is 165 Å². The van der Waals surface area contributed by atoms with Crippen LogP contribution in [0.4, 0.5) is 5.69 Å². The molecule has 4 atom stereocenters. The molecule has 6 nitrogen and oxygen atoms in total. The van der Waals surface area contributed by atoms with Crippen molar-refractivity contribution in [2.45, 2.75) is 43.4 Å². The summed E-state index contributed by atoms with van der Waals surface area (Å²) >= 11 is 0. The first-order valence-electron chi connectivity index (χ1n) is 10.2. The van der Waals surface area contributed by atoms with E-state index in [4.69, 9.17) is 9.47 Å². The van der Waals surface area contributed by atoms with Crippen LogP contribution in [0.15, 0.2) is 29.8 Å². The second-order valence-electron chi connectivity index (χ2n) is 8.54. The molecule has 4 heterocycles. The molecule has 1 N–H and O–H groups in total. The number of aromatic hydroxyl groups is 1. The number of likely N-dealkylation sites (N-methyl/N-ethyl adjacent to an activating group) is 1. The number of hydrogen-bond acceptors (Lipinski definition) is 6. The normalized spacial score (nSPS) is 38.0. The summed E-state index contributed by atoms with van der Waals surface area (Å²) in [6, 6.07) is 5.71. The number of ether oxygens (including phenoxy) is 2. The van der Waals surface area contributed by atoms with E-state index in [2.05, 4.69) is 29.8 Å². The topological polar surface area (TPSA) is 62.2 Å². The Bertz CT molecular complexity index is 868. The number of nitrogens with zero attached hydrogens (tertiary/aromatic N) is 2. The van der Waals surface area contributed by atoms with Gasteiger partial charge in [-0.25, -0.2) is 0 Å². The van der Waals surface area contributed by atoms with Crippen LogP contribution in [0.25, 0.3) is 0 Å². The molecule has 0 saturated carbocycles. The molecule has 1 aromatic carbocycles. The molecule has 5 rings (SSSR count). The maximum Gasteiger partial charge on any atom is 0.312 e. The van der Waals surface area contributed by atoms with Gasteiger partial charge in [-0.2, -0.15) is 0 Å². The van der Waals surface area contributed by atoms with Gasteiger partial charge in [-0.15, -0.1) is 0 Å². The molecular weight excluding hydrogens is 356 g/mol. The number of piperidine rings is 2. The molecular formula is C22H28N2O4. The third-order valence-corrected chi connectivity index (χ3v) is 7.75. The lowest BCUT2D eigenvalue weighted by atomic mass is 9.59. The highest BCUT2D eigenvalue weighted by Gasteiger charge is 2.75. The third kappa shape index (κ3) is 1.93. The molecule has 1 aromatic rings. The Morgan fingerprint density at radius 3 is 3.00 bits per heavy atom. The molecule has 3 saturated heterocycles. The number of methoxy groups -OCH3 is 1. The second kappa shape index (κ2) is 5.97. The Balaban J connectivity index is 1.72. The van der Waals surface area contributed by atoms with Crippen LogP contribution in [0.3, 0.4) is 0 Å². The molecule has 6 heteroatoms. The average Bonchev–Trinajstić information content (AvgIpc) is 3.18. The summed E-state index contributed by atoms with van der Waals surface area (Å²) in [5.41, 5.74) is 2.43. The van der Waals surface area contributed by atoms with Crippen molar-refractivity contribution in [1.82, 2.24) is 4.90 Å². The Hall–Kier alpha value is -2.05. The van der Waals surface area contributed by atoms with Crippen LogP contribution in [-0.4, -0.2) is 61.6 Å². The first-order chi connectivity index (χ1) is 13.5. The zero-order valence-corrected chi connectivity index (χ0v) is 16.8. The van der Waals surface area contributed by atoms with Crippen molar-refractivity contribution in [2.75, 3.05) is 38.8 Å². The van der Waals surface area contributed by atoms with E-state index < -0.39 is 11.1 Å². The third-order valence-electron chi connectivity index (χ3n) is 7.75. The average molecular weight is 384 g/mol. The van der Waals surface area contributed by atoms with E-state index in [0.717, 1.165) is 43.6 Å². The maximum absolute atomic E-state index is 12.9. The molecule has 3 fully saturated rings. The fraction of sp³-hybridized carbons (Fsp3) is 0.591. The summed E-state index contributed by atoms with van der Waals surface area (Å²) in [6.07, 6.45) is 5.09. The van der Waals surface area contributed by atoms with E-state index in [9.17, 15) is 9.90 Å². The van der Waals surface area contributed by atoms with Gasteiger partial charge in [-0.3, -0.25) is 9.69 Å². The van der Waals surface area contributed by atoms with Gasteiger partial charge in [0.15, 0.2) is 5.72 Å². The maximum atomic E-state index is 12.9. The summed E-state index contributed by atoms with van der Waals surface area (Å²) in [6.45, 7) is 4.33. The van der Waals surface area contributed by atoms with Crippen molar-refractivity contribution in [1.29, 1.82) is 0 Å². The van der Waals surface area contributed by atoms with Crippen molar-refractivity contribution < 1.29 is 19.4 Å². The Morgan fingerprint density at radius 1 is 1.43 bits per heavy atom. The predicted molar refractivity (Wildman–Crippen MR) is 105 cm³/mol. The van der Waals surface area contributed by atoms with Gasteiger partial charge in [0, 0.05) is 25.8 Å². The van der Waals surface area contributed by atoms with E-state index in [1.807, 2.05) is 12.1 Å². The zero-order chi connectivity index (χ0) is 19.7. The number of anilines is 1. The number of fused-ring (bicyclic) bond motifs is 2. The van der Waals surface area contributed by atoms with E-state index in [0.29, 0.717) is 6.61 Å². The van der Waals surface area contributed by atoms with Crippen LogP contribution < -0.4 is 4.90 Å². The SMILES string of the molecule is C/C=C1\CC[C@H]2N(CC[C@@]34c5cc(O)ccc5N(C)[C@]23OC[C@H]4C(=O)OC)C1. The van der Waals surface area contributed by atoms with Gasteiger partial charge in [0.2, 0.25) is 0 Å². The van der Waals surface area contributed by atoms with E-state index in [-0.39, 0.29) is 23.7 Å². The molecule has 0 unspecified atom stereocenters. The lowest BCUT2D eigenvalue weighted by molar-refractivity contribution is -0.150. The fourth-order valence-electron chi connectivity index (χ4n) is 6.57. The summed E-state index contributed by atoms with van der Waals surface area (Å²) in [7, 11) is 3.53. The predicted octanol–water partition coefficient (Wildman–Crippen LogP) is 2.41. The van der Waals surface area contributed by atoms with Crippen molar-refractivity contribution >= 4 is 11.7 Å².